The summed E-state index contributed by atoms with van der Waals surface area (Å²) >= 11 is 1.41. The average molecular weight is 549 g/mol. The van der Waals surface area contributed by atoms with Crippen molar-refractivity contribution in [3.05, 3.63) is 29.6 Å². The van der Waals surface area contributed by atoms with Crippen LogP contribution in [0, 0.1) is 11.3 Å². The highest BCUT2D eigenvalue weighted by molar-refractivity contribution is 7.89. The van der Waals surface area contributed by atoms with Gasteiger partial charge in [-0.1, -0.05) is 13.8 Å². The maximum atomic E-state index is 13.2. The molecule has 1 N–H and O–H groups in total. The van der Waals surface area contributed by atoms with Crippen molar-refractivity contribution in [3.8, 4) is 17.0 Å². The predicted octanol–water partition coefficient (Wildman–Crippen LogP) is 4.70. The van der Waals surface area contributed by atoms with E-state index >= 15 is 0 Å². The molecule has 37 heavy (non-hydrogen) atoms. The number of sulfonamides is 1. The summed E-state index contributed by atoms with van der Waals surface area (Å²) in [6.45, 7) is 10.5. The quantitative estimate of drug-likeness (QED) is 0.514. The minimum Gasteiger partial charge on any atom is -0.497 e. The highest BCUT2D eigenvalue weighted by Gasteiger charge is 2.48. The molecular weight excluding hydrogens is 508 g/mol. The number of thiazole rings is 1. The Morgan fingerprint density at radius 2 is 1.81 bits per heavy atom. The van der Waals surface area contributed by atoms with E-state index in [1.165, 1.54) is 11.3 Å². The van der Waals surface area contributed by atoms with Gasteiger partial charge in [-0.3, -0.25) is 9.69 Å². The molecule has 204 valence electrons. The Balaban J connectivity index is 1.31. The Bertz CT molecular complexity index is 1180. The first-order chi connectivity index (χ1) is 17.4. The van der Waals surface area contributed by atoms with E-state index in [1.54, 1.807) is 11.4 Å². The lowest BCUT2D eigenvalue weighted by Gasteiger charge is -2.53. The Morgan fingerprint density at radius 1 is 1.14 bits per heavy atom. The summed E-state index contributed by atoms with van der Waals surface area (Å²) in [5, 5.41) is 5.47. The van der Waals surface area contributed by atoms with Crippen molar-refractivity contribution in [3.63, 3.8) is 0 Å². The van der Waals surface area contributed by atoms with Crippen LogP contribution in [0.2, 0.25) is 0 Å². The summed E-state index contributed by atoms with van der Waals surface area (Å²) in [7, 11) is -1.68. The lowest BCUT2D eigenvalue weighted by Crippen LogP contribution is -2.59. The van der Waals surface area contributed by atoms with E-state index in [2.05, 4.69) is 29.0 Å². The summed E-state index contributed by atoms with van der Waals surface area (Å²) < 4.78 is 33.4. The van der Waals surface area contributed by atoms with Gasteiger partial charge in [0.1, 0.15) is 5.75 Å². The summed E-state index contributed by atoms with van der Waals surface area (Å²) in [5.74, 6) is 1.01. The van der Waals surface area contributed by atoms with Crippen molar-refractivity contribution >= 4 is 32.4 Å². The summed E-state index contributed by atoms with van der Waals surface area (Å²) in [6, 6.07) is 7.68. The second-order valence-electron chi connectivity index (χ2n) is 11.6. The van der Waals surface area contributed by atoms with Crippen molar-refractivity contribution in [2.24, 2.45) is 11.3 Å². The summed E-state index contributed by atoms with van der Waals surface area (Å²) in [4.78, 5) is 19.5. The second kappa shape index (κ2) is 11.0. The van der Waals surface area contributed by atoms with Crippen LogP contribution in [0.3, 0.4) is 0 Å². The van der Waals surface area contributed by atoms with E-state index in [0.717, 1.165) is 55.8 Å². The van der Waals surface area contributed by atoms with Crippen LogP contribution in [0.1, 0.15) is 53.4 Å². The van der Waals surface area contributed by atoms with E-state index in [-0.39, 0.29) is 28.5 Å². The molecule has 0 unspecified atom stereocenters. The van der Waals surface area contributed by atoms with E-state index < -0.39 is 10.0 Å². The second-order valence-corrected chi connectivity index (χ2v) is 14.4. The van der Waals surface area contributed by atoms with E-state index in [1.807, 2.05) is 43.5 Å². The minimum atomic E-state index is -3.31. The van der Waals surface area contributed by atoms with Gasteiger partial charge < -0.3 is 10.1 Å². The maximum Gasteiger partial charge on any atom is 0.240 e. The number of rotatable bonds is 8. The van der Waals surface area contributed by atoms with E-state index in [4.69, 9.17) is 4.74 Å². The third kappa shape index (κ3) is 6.71. The lowest BCUT2D eigenvalue weighted by molar-refractivity contribution is -0.118. The van der Waals surface area contributed by atoms with Gasteiger partial charge >= 0.3 is 0 Å². The maximum absolute atomic E-state index is 13.2. The molecule has 2 aromatic rings. The Labute approximate surface area is 225 Å². The molecule has 8 nitrogen and oxygen atoms in total. The number of ether oxygens (including phenoxy) is 1. The molecular formula is C27H40N4O4S2. The third-order valence-corrected chi connectivity index (χ3v) is 10.9. The number of hydrogen-bond acceptors (Lipinski definition) is 7. The number of carbonyl (C=O) groups is 1. The Morgan fingerprint density at radius 3 is 2.43 bits per heavy atom. The molecule has 2 aliphatic heterocycles. The first kappa shape index (κ1) is 28.0. The van der Waals surface area contributed by atoms with Gasteiger partial charge in [-0.05, 0) is 88.2 Å². The molecule has 0 aliphatic carbocycles. The molecule has 1 spiro atoms. The molecule has 3 heterocycles. The number of anilines is 1. The number of hydrogen-bond donors (Lipinski definition) is 1. The normalized spacial score (nSPS) is 20.3. The molecule has 0 bridgehead atoms. The van der Waals surface area contributed by atoms with Crippen LogP contribution in [0.25, 0.3) is 11.3 Å². The SMILES string of the molecule is COc1ccc(-c2csc(NC(=O)CN3CCC4(CC3)CCC(C)(C)N(S(=O)(=O)CC(C)C)C4)n2)cc1. The molecule has 0 radical (unpaired) electrons. The Kier molecular flexibility index (Phi) is 8.33. The number of amides is 1. The number of carbonyl (C=O) groups excluding carboxylic acids is 1. The standard InChI is InChI=1S/C27H40N4O4S2/c1-20(2)18-37(33,34)31-19-27(11-10-26(31,3)4)12-14-30(15-13-27)16-24(32)29-25-28-23(17-36-25)21-6-8-22(35-5)9-7-21/h6-9,17,20H,10-16,18-19H2,1-5H3,(H,28,29,32). The zero-order chi connectivity index (χ0) is 26.8. The number of methoxy groups -OCH3 is 1. The fourth-order valence-corrected chi connectivity index (χ4v) is 8.53. The number of nitrogens with one attached hydrogen (secondary N) is 1. The largest absolute Gasteiger partial charge is 0.497 e. The van der Waals surface area contributed by atoms with Gasteiger partial charge in [0.2, 0.25) is 15.9 Å². The molecule has 2 saturated heterocycles. The van der Waals surface area contributed by atoms with Gasteiger partial charge in [0.15, 0.2) is 5.13 Å². The fourth-order valence-electron chi connectivity index (χ4n) is 5.46. The Hall–Kier alpha value is -2.01. The molecule has 4 rings (SSSR count). The van der Waals surface area contributed by atoms with Crippen LogP contribution in [-0.4, -0.2) is 73.1 Å². The van der Waals surface area contributed by atoms with Gasteiger partial charge in [0.05, 0.1) is 25.1 Å². The van der Waals surface area contributed by atoms with Gasteiger partial charge in [-0.25, -0.2) is 13.4 Å². The molecule has 0 atom stereocenters. The van der Waals surface area contributed by atoms with E-state index in [9.17, 15) is 13.2 Å². The van der Waals surface area contributed by atoms with Gasteiger partial charge in [-0.15, -0.1) is 11.3 Å². The first-order valence-corrected chi connectivity index (χ1v) is 15.5. The number of likely N-dealkylation sites (tertiary alicyclic amines) is 1. The smallest absolute Gasteiger partial charge is 0.240 e. The van der Waals surface area contributed by atoms with Crippen LogP contribution in [0.5, 0.6) is 5.75 Å². The highest BCUT2D eigenvalue weighted by atomic mass is 32.2. The minimum absolute atomic E-state index is 0.00484. The topological polar surface area (TPSA) is 91.8 Å². The van der Waals surface area contributed by atoms with E-state index in [0.29, 0.717) is 18.2 Å². The first-order valence-electron chi connectivity index (χ1n) is 13.0. The van der Waals surface area contributed by atoms with Gasteiger partial charge in [-0.2, -0.15) is 4.31 Å². The van der Waals surface area contributed by atoms with Crippen molar-refractivity contribution in [1.82, 2.24) is 14.2 Å². The predicted molar refractivity (Wildman–Crippen MR) is 149 cm³/mol. The molecule has 0 saturated carbocycles. The summed E-state index contributed by atoms with van der Waals surface area (Å²) in [5.41, 5.74) is 1.43. The molecule has 2 aliphatic rings. The van der Waals surface area contributed by atoms with Crippen molar-refractivity contribution in [1.29, 1.82) is 0 Å². The molecule has 10 heteroatoms. The van der Waals surface area contributed by atoms with Gasteiger partial charge in [0, 0.05) is 23.0 Å². The van der Waals surface area contributed by atoms with Crippen molar-refractivity contribution in [2.45, 2.75) is 58.9 Å². The molecule has 1 aromatic carbocycles. The van der Waals surface area contributed by atoms with Gasteiger partial charge in [0.25, 0.3) is 0 Å². The lowest BCUT2D eigenvalue weighted by atomic mass is 9.69. The van der Waals surface area contributed by atoms with Crippen molar-refractivity contribution in [2.75, 3.05) is 44.4 Å². The average Bonchev–Trinajstić information content (AvgIpc) is 3.30. The molecule has 1 aromatic heterocycles. The third-order valence-electron chi connectivity index (χ3n) is 7.72. The zero-order valence-electron chi connectivity index (χ0n) is 22.6. The zero-order valence-corrected chi connectivity index (χ0v) is 24.3. The van der Waals surface area contributed by atoms with Crippen molar-refractivity contribution < 1.29 is 17.9 Å². The highest BCUT2D eigenvalue weighted by Crippen LogP contribution is 2.46. The van der Waals surface area contributed by atoms with Crippen LogP contribution in [-0.2, 0) is 14.8 Å². The monoisotopic (exact) mass is 548 g/mol. The number of benzene rings is 1. The van der Waals surface area contributed by atoms with Crippen LogP contribution >= 0.6 is 11.3 Å². The molecule has 2 fully saturated rings. The number of piperidine rings is 2. The number of aromatic nitrogens is 1. The number of nitrogens with zero attached hydrogens (tertiary/aromatic N) is 3. The summed E-state index contributed by atoms with van der Waals surface area (Å²) in [6.07, 6.45) is 3.71. The van der Waals surface area contributed by atoms with Crippen LogP contribution < -0.4 is 10.1 Å². The van der Waals surface area contributed by atoms with Crippen LogP contribution in [0.15, 0.2) is 29.6 Å². The fraction of sp³-hybridized carbons (Fsp3) is 0.630. The van der Waals surface area contributed by atoms with Crippen LogP contribution in [0.4, 0.5) is 5.13 Å². The molecule has 1 amide bonds.